The van der Waals surface area contributed by atoms with E-state index < -0.39 is 5.92 Å². The van der Waals surface area contributed by atoms with Gasteiger partial charge in [-0.15, -0.1) is 0 Å². The normalized spacial score (nSPS) is 35.0. The zero-order valence-corrected chi connectivity index (χ0v) is 15.8. The van der Waals surface area contributed by atoms with Crippen LogP contribution in [0.4, 0.5) is 0 Å². The molecule has 0 aromatic heterocycles. The van der Waals surface area contributed by atoms with Crippen LogP contribution >= 0.6 is 0 Å². The third kappa shape index (κ3) is 4.52. The van der Waals surface area contributed by atoms with E-state index in [4.69, 9.17) is 9.47 Å². The highest BCUT2D eigenvalue weighted by atomic mass is 16.5. The van der Waals surface area contributed by atoms with E-state index in [-0.39, 0.29) is 42.3 Å². The molecule has 0 saturated carbocycles. The SMILES string of the molecule is COC(=O)C1COC(C)(C)CC1NC(=O)C1CCC(N2CCNC2)NN1. The van der Waals surface area contributed by atoms with Crippen LogP contribution in [0.25, 0.3) is 0 Å². The van der Waals surface area contributed by atoms with Gasteiger partial charge in [0.25, 0.3) is 0 Å². The summed E-state index contributed by atoms with van der Waals surface area (Å²) in [6.45, 7) is 7.06. The number of carbonyl (C=O) groups excluding carboxylic acids is 2. The highest BCUT2D eigenvalue weighted by Crippen LogP contribution is 2.28. The molecule has 4 atom stereocenters. The summed E-state index contributed by atoms with van der Waals surface area (Å²) in [5.74, 6) is -0.911. The Hall–Kier alpha value is -1.26. The van der Waals surface area contributed by atoms with Gasteiger partial charge in [-0.05, 0) is 33.1 Å². The molecular formula is C17H31N5O4. The maximum atomic E-state index is 12.7. The van der Waals surface area contributed by atoms with Gasteiger partial charge in [0, 0.05) is 25.8 Å². The Kier molecular flexibility index (Phi) is 6.13. The van der Waals surface area contributed by atoms with Gasteiger partial charge < -0.3 is 20.1 Å². The average Bonchev–Trinajstić information content (AvgIpc) is 3.15. The molecule has 4 N–H and O–H groups in total. The van der Waals surface area contributed by atoms with Crippen molar-refractivity contribution < 1.29 is 19.1 Å². The van der Waals surface area contributed by atoms with Crippen LogP contribution in [0.2, 0.25) is 0 Å². The third-order valence-electron chi connectivity index (χ3n) is 5.48. The fourth-order valence-electron chi connectivity index (χ4n) is 3.91. The Labute approximate surface area is 154 Å². The number of nitrogens with one attached hydrogen (secondary N) is 4. The van der Waals surface area contributed by atoms with Crippen molar-refractivity contribution in [2.75, 3.05) is 33.5 Å². The predicted molar refractivity (Wildman–Crippen MR) is 94.7 cm³/mol. The van der Waals surface area contributed by atoms with E-state index in [0.29, 0.717) is 6.42 Å². The first kappa shape index (κ1) is 19.5. The van der Waals surface area contributed by atoms with Crippen LogP contribution < -0.4 is 21.5 Å². The number of ether oxygens (including phenoxy) is 2. The van der Waals surface area contributed by atoms with Gasteiger partial charge in [-0.1, -0.05) is 0 Å². The van der Waals surface area contributed by atoms with E-state index in [9.17, 15) is 9.59 Å². The van der Waals surface area contributed by atoms with Gasteiger partial charge in [-0.25, -0.2) is 10.9 Å². The molecule has 3 saturated heterocycles. The van der Waals surface area contributed by atoms with Gasteiger partial charge >= 0.3 is 5.97 Å². The van der Waals surface area contributed by atoms with Crippen LogP contribution in [0.15, 0.2) is 0 Å². The second-order valence-corrected chi connectivity index (χ2v) is 7.92. The number of esters is 1. The molecule has 0 aliphatic carbocycles. The van der Waals surface area contributed by atoms with Crippen LogP contribution in [-0.4, -0.2) is 74.1 Å². The predicted octanol–water partition coefficient (Wildman–Crippen LogP) is -1.10. The largest absolute Gasteiger partial charge is 0.469 e. The summed E-state index contributed by atoms with van der Waals surface area (Å²) in [5.41, 5.74) is 6.00. The molecule has 0 radical (unpaired) electrons. The molecule has 0 aromatic carbocycles. The third-order valence-corrected chi connectivity index (χ3v) is 5.48. The van der Waals surface area contributed by atoms with Gasteiger partial charge in [0.05, 0.1) is 25.5 Å². The molecule has 0 bridgehead atoms. The zero-order chi connectivity index (χ0) is 18.7. The molecular weight excluding hydrogens is 338 g/mol. The van der Waals surface area contributed by atoms with Crippen LogP contribution in [-0.2, 0) is 19.1 Å². The lowest BCUT2D eigenvalue weighted by Gasteiger charge is -2.41. The maximum Gasteiger partial charge on any atom is 0.313 e. The van der Waals surface area contributed by atoms with Crippen LogP contribution in [0.3, 0.4) is 0 Å². The first-order chi connectivity index (χ1) is 12.4. The number of rotatable bonds is 4. The smallest absolute Gasteiger partial charge is 0.313 e. The van der Waals surface area contributed by atoms with E-state index in [2.05, 4.69) is 26.4 Å². The topological polar surface area (TPSA) is 104 Å². The van der Waals surface area contributed by atoms with Crippen molar-refractivity contribution in [3.63, 3.8) is 0 Å². The summed E-state index contributed by atoms with van der Waals surface area (Å²) in [4.78, 5) is 27.1. The quantitative estimate of drug-likeness (QED) is 0.463. The van der Waals surface area contributed by atoms with Crippen LogP contribution in [0, 0.1) is 5.92 Å². The zero-order valence-electron chi connectivity index (χ0n) is 15.8. The van der Waals surface area contributed by atoms with Crippen LogP contribution in [0.5, 0.6) is 0 Å². The van der Waals surface area contributed by atoms with Gasteiger partial charge in [-0.3, -0.25) is 14.5 Å². The lowest BCUT2D eigenvalue weighted by molar-refractivity contribution is -0.160. The molecule has 3 aliphatic heterocycles. The minimum atomic E-state index is -0.475. The van der Waals surface area contributed by atoms with Gasteiger partial charge in [0.15, 0.2) is 0 Å². The summed E-state index contributed by atoms with van der Waals surface area (Å²) < 4.78 is 10.6. The molecule has 9 heteroatoms. The molecule has 0 spiro atoms. The van der Waals surface area contributed by atoms with E-state index >= 15 is 0 Å². The van der Waals surface area contributed by atoms with E-state index in [1.807, 2.05) is 13.8 Å². The fraction of sp³-hybridized carbons (Fsp3) is 0.882. The number of methoxy groups -OCH3 is 1. The average molecular weight is 369 g/mol. The molecule has 3 heterocycles. The number of nitrogens with zero attached hydrogens (tertiary/aromatic N) is 1. The summed E-state index contributed by atoms with van der Waals surface area (Å²) >= 11 is 0. The first-order valence-electron chi connectivity index (χ1n) is 9.37. The molecule has 26 heavy (non-hydrogen) atoms. The lowest BCUT2D eigenvalue weighted by Crippen LogP contribution is -2.63. The minimum absolute atomic E-state index is 0.0906. The molecule has 1 amide bonds. The molecule has 4 unspecified atom stereocenters. The lowest BCUT2D eigenvalue weighted by atomic mass is 9.86. The molecule has 0 aromatic rings. The van der Waals surface area contributed by atoms with Crippen molar-refractivity contribution in [2.24, 2.45) is 5.92 Å². The van der Waals surface area contributed by atoms with E-state index in [0.717, 1.165) is 32.6 Å². The van der Waals surface area contributed by atoms with Gasteiger partial charge in [0.1, 0.15) is 12.0 Å². The molecule has 3 aliphatic rings. The van der Waals surface area contributed by atoms with Crippen molar-refractivity contribution in [3.05, 3.63) is 0 Å². The summed E-state index contributed by atoms with van der Waals surface area (Å²) in [5, 5.41) is 6.36. The van der Waals surface area contributed by atoms with E-state index in [1.54, 1.807) is 0 Å². The molecule has 148 valence electrons. The van der Waals surface area contributed by atoms with Crippen LogP contribution in [0.1, 0.15) is 33.1 Å². The monoisotopic (exact) mass is 369 g/mol. The number of hydrogen-bond donors (Lipinski definition) is 4. The van der Waals surface area contributed by atoms with Crippen molar-refractivity contribution in [1.82, 2.24) is 26.4 Å². The standard InChI is InChI=1S/C17H31N5O4/c1-17(2)8-13(11(9-26-17)16(24)25-3)19-15(23)12-4-5-14(21-20-12)22-7-6-18-10-22/h11-14,18,20-21H,4-10H2,1-3H3,(H,19,23). The van der Waals surface area contributed by atoms with Gasteiger partial charge in [0.2, 0.25) is 5.91 Å². The van der Waals surface area contributed by atoms with Crippen molar-refractivity contribution in [1.29, 1.82) is 0 Å². The maximum absolute atomic E-state index is 12.7. The number of hydrogen-bond acceptors (Lipinski definition) is 8. The summed E-state index contributed by atoms with van der Waals surface area (Å²) in [6.07, 6.45) is 2.45. The Morgan fingerprint density at radius 1 is 1.27 bits per heavy atom. The second kappa shape index (κ2) is 8.18. The molecule has 3 fully saturated rings. The Morgan fingerprint density at radius 2 is 2.08 bits per heavy atom. The number of amides is 1. The minimum Gasteiger partial charge on any atom is -0.469 e. The first-order valence-corrected chi connectivity index (χ1v) is 9.37. The Bertz CT molecular complexity index is 515. The van der Waals surface area contributed by atoms with Crippen molar-refractivity contribution in [3.8, 4) is 0 Å². The highest BCUT2D eigenvalue weighted by Gasteiger charge is 2.42. The summed E-state index contributed by atoms with van der Waals surface area (Å²) in [6, 6.07) is -0.605. The Balaban J connectivity index is 1.54. The fourth-order valence-corrected chi connectivity index (χ4v) is 3.91. The number of hydrazine groups is 1. The Morgan fingerprint density at radius 3 is 2.69 bits per heavy atom. The molecule has 3 rings (SSSR count). The van der Waals surface area contributed by atoms with Gasteiger partial charge in [-0.2, -0.15) is 0 Å². The second-order valence-electron chi connectivity index (χ2n) is 7.92. The van der Waals surface area contributed by atoms with Crippen molar-refractivity contribution in [2.45, 2.75) is 57.0 Å². The highest BCUT2D eigenvalue weighted by molar-refractivity contribution is 5.83. The van der Waals surface area contributed by atoms with E-state index in [1.165, 1.54) is 7.11 Å². The van der Waals surface area contributed by atoms with Crippen molar-refractivity contribution >= 4 is 11.9 Å². The number of carbonyl (C=O) groups is 2. The molecule has 9 nitrogen and oxygen atoms in total. The summed E-state index contributed by atoms with van der Waals surface area (Å²) in [7, 11) is 1.36.